The first-order chi connectivity index (χ1) is 13.2. The first-order valence-electron chi connectivity index (χ1n) is 9.95. The Balaban J connectivity index is 1.39. The molecule has 2 aliphatic rings. The minimum atomic E-state index is 0.209. The zero-order chi connectivity index (χ0) is 18.6. The maximum Gasteiger partial charge on any atom is 0.237 e. The highest BCUT2D eigenvalue weighted by atomic mass is 16.5. The number of nitrogens with one attached hydrogen (secondary N) is 1. The van der Waals surface area contributed by atoms with Crippen LogP contribution in [0.2, 0.25) is 0 Å². The second kappa shape index (κ2) is 8.13. The molecule has 0 spiro atoms. The number of hydrogen-bond acceptors (Lipinski definition) is 3. The van der Waals surface area contributed by atoms with Crippen LogP contribution in [0.4, 0.5) is 0 Å². The molecule has 0 radical (unpaired) electrons. The minimum absolute atomic E-state index is 0.209. The molecule has 1 unspecified atom stereocenters. The second-order valence-electron chi connectivity index (χ2n) is 7.71. The predicted octanol–water partition coefficient (Wildman–Crippen LogP) is 3.93. The number of nitrogens with zero attached hydrogens (tertiary/aromatic N) is 1. The van der Waals surface area contributed by atoms with Crippen LogP contribution in [0.3, 0.4) is 0 Å². The van der Waals surface area contributed by atoms with Crippen LogP contribution < -0.4 is 10.1 Å². The Labute approximate surface area is 161 Å². The molecule has 2 aliphatic carbocycles. The monoisotopic (exact) mass is 364 g/mol. The maximum atomic E-state index is 13.0. The number of benzene rings is 2. The lowest BCUT2D eigenvalue weighted by molar-refractivity contribution is -0.131. The largest absolute Gasteiger partial charge is 0.497 e. The quantitative estimate of drug-likeness (QED) is 0.733. The van der Waals surface area contributed by atoms with Gasteiger partial charge in [0.2, 0.25) is 5.91 Å². The summed E-state index contributed by atoms with van der Waals surface area (Å²) in [4.78, 5) is 15.0. The van der Waals surface area contributed by atoms with Crippen LogP contribution in [-0.2, 0) is 11.3 Å². The van der Waals surface area contributed by atoms with Crippen LogP contribution in [0.25, 0.3) is 0 Å². The standard InChI is InChI=1S/C23H28N2O2/c1-27-21-13-9-19(10-14-21)23(18-7-8-18)24-15-22(26)25(20-11-12-20)16-17-5-3-2-4-6-17/h2-6,9-10,13-14,18,20,23-24H,7-8,11-12,15-16H2,1H3. The lowest BCUT2D eigenvalue weighted by Crippen LogP contribution is -2.40. The zero-order valence-electron chi connectivity index (χ0n) is 15.9. The van der Waals surface area contributed by atoms with E-state index in [0.717, 1.165) is 18.6 Å². The molecular weight excluding hydrogens is 336 g/mol. The van der Waals surface area contributed by atoms with Crippen molar-refractivity contribution in [1.29, 1.82) is 0 Å². The fraction of sp³-hybridized carbons (Fsp3) is 0.435. The van der Waals surface area contributed by atoms with Gasteiger partial charge in [-0.25, -0.2) is 0 Å². The van der Waals surface area contributed by atoms with E-state index in [1.807, 2.05) is 30.3 Å². The van der Waals surface area contributed by atoms with Crippen LogP contribution in [-0.4, -0.2) is 30.5 Å². The van der Waals surface area contributed by atoms with E-state index in [0.29, 0.717) is 25.0 Å². The molecule has 1 atom stereocenters. The van der Waals surface area contributed by atoms with Gasteiger partial charge >= 0.3 is 0 Å². The highest BCUT2D eigenvalue weighted by Gasteiger charge is 2.35. The number of hydrogen-bond donors (Lipinski definition) is 1. The SMILES string of the molecule is COc1ccc(C(NCC(=O)N(Cc2ccccc2)C2CC2)C2CC2)cc1. The minimum Gasteiger partial charge on any atom is -0.497 e. The molecule has 2 saturated carbocycles. The van der Waals surface area contributed by atoms with Crippen molar-refractivity contribution < 1.29 is 9.53 Å². The topological polar surface area (TPSA) is 41.6 Å². The van der Waals surface area contributed by atoms with Gasteiger partial charge < -0.3 is 15.0 Å². The van der Waals surface area contributed by atoms with E-state index in [1.54, 1.807) is 7.11 Å². The molecule has 2 aromatic carbocycles. The van der Waals surface area contributed by atoms with E-state index in [-0.39, 0.29) is 11.9 Å². The Bertz CT molecular complexity index is 752. The van der Waals surface area contributed by atoms with Gasteiger partial charge in [0.15, 0.2) is 0 Å². The van der Waals surface area contributed by atoms with Gasteiger partial charge in [-0.15, -0.1) is 0 Å². The molecule has 0 aliphatic heterocycles. The molecular formula is C23H28N2O2. The summed E-state index contributed by atoms with van der Waals surface area (Å²) in [6.07, 6.45) is 4.72. The number of ether oxygens (including phenoxy) is 1. The number of amides is 1. The molecule has 4 nitrogen and oxygen atoms in total. The summed E-state index contributed by atoms with van der Waals surface area (Å²) >= 11 is 0. The Morgan fingerprint density at radius 1 is 1.07 bits per heavy atom. The van der Waals surface area contributed by atoms with Gasteiger partial charge in [-0.2, -0.15) is 0 Å². The summed E-state index contributed by atoms with van der Waals surface area (Å²) in [5.74, 6) is 1.71. The van der Waals surface area contributed by atoms with Crippen molar-refractivity contribution in [2.45, 2.75) is 44.3 Å². The van der Waals surface area contributed by atoms with Crippen molar-refractivity contribution in [2.24, 2.45) is 5.92 Å². The van der Waals surface area contributed by atoms with Crippen molar-refractivity contribution in [2.75, 3.05) is 13.7 Å². The molecule has 0 saturated heterocycles. The predicted molar refractivity (Wildman–Crippen MR) is 106 cm³/mol. The summed E-state index contributed by atoms with van der Waals surface area (Å²) in [5, 5.41) is 3.55. The average Bonchev–Trinajstić information content (AvgIpc) is 3.61. The van der Waals surface area contributed by atoms with Crippen molar-refractivity contribution in [3.8, 4) is 5.75 Å². The molecule has 0 aromatic heterocycles. The third kappa shape index (κ3) is 4.69. The summed E-state index contributed by atoms with van der Waals surface area (Å²) in [6, 6.07) is 19.2. The van der Waals surface area contributed by atoms with Crippen molar-refractivity contribution in [3.05, 3.63) is 65.7 Å². The molecule has 0 bridgehead atoms. The molecule has 1 amide bonds. The van der Waals surface area contributed by atoms with Crippen LogP contribution >= 0.6 is 0 Å². The lowest BCUT2D eigenvalue weighted by atomic mass is 10.0. The van der Waals surface area contributed by atoms with Crippen LogP contribution in [0.15, 0.2) is 54.6 Å². The molecule has 2 aromatic rings. The Kier molecular flexibility index (Phi) is 5.44. The van der Waals surface area contributed by atoms with Gasteiger partial charge in [0.1, 0.15) is 5.75 Å². The number of carbonyl (C=O) groups is 1. The summed E-state index contributed by atoms with van der Waals surface area (Å²) in [7, 11) is 1.68. The van der Waals surface area contributed by atoms with E-state index in [4.69, 9.17) is 4.74 Å². The van der Waals surface area contributed by atoms with Gasteiger partial charge in [0, 0.05) is 18.6 Å². The highest BCUT2D eigenvalue weighted by Crippen LogP contribution is 2.41. The fourth-order valence-electron chi connectivity index (χ4n) is 3.68. The third-order valence-electron chi connectivity index (χ3n) is 5.55. The summed E-state index contributed by atoms with van der Waals surface area (Å²) in [5.41, 5.74) is 2.44. The lowest BCUT2D eigenvalue weighted by Gasteiger charge is -2.25. The third-order valence-corrected chi connectivity index (χ3v) is 5.55. The summed E-state index contributed by atoms with van der Waals surface area (Å²) in [6.45, 7) is 1.11. The van der Waals surface area contributed by atoms with Gasteiger partial charge in [0.05, 0.1) is 13.7 Å². The van der Waals surface area contributed by atoms with E-state index in [9.17, 15) is 4.79 Å². The number of rotatable bonds is 9. The maximum absolute atomic E-state index is 13.0. The Morgan fingerprint density at radius 3 is 2.37 bits per heavy atom. The van der Waals surface area contributed by atoms with Crippen LogP contribution in [0.5, 0.6) is 5.75 Å². The number of carbonyl (C=O) groups excluding carboxylic acids is 1. The Morgan fingerprint density at radius 2 is 1.78 bits per heavy atom. The molecule has 4 heteroatoms. The molecule has 4 rings (SSSR count). The fourth-order valence-corrected chi connectivity index (χ4v) is 3.68. The zero-order valence-corrected chi connectivity index (χ0v) is 15.9. The first-order valence-corrected chi connectivity index (χ1v) is 9.95. The van der Waals surface area contributed by atoms with Crippen LogP contribution in [0.1, 0.15) is 42.9 Å². The normalized spacial score (nSPS) is 17.4. The van der Waals surface area contributed by atoms with Crippen molar-refractivity contribution in [1.82, 2.24) is 10.2 Å². The second-order valence-corrected chi connectivity index (χ2v) is 7.71. The van der Waals surface area contributed by atoms with Crippen molar-refractivity contribution in [3.63, 3.8) is 0 Å². The molecule has 142 valence electrons. The molecule has 2 fully saturated rings. The van der Waals surface area contributed by atoms with E-state index < -0.39 is 0 Å². The Hall–Kier alpha value is -2.33. The van der Waals surface area contributed by atoms with Gasteiger partial charge in [0.25, 0.3) is 0 Å². The number of methoxy groups -OCH3 is 1. The van der Waals surface area contributed by atoms with Gasteiger partial charge in [-0.3, -0.25) is 4.79 Å². The van der Waals surface area contributed by atoms with Gasteiger partial charge in [-0.1, -0.05) is 42.5 Å². The van der Waals surface area contributed by atoms with E-state index in [2.05, 4.69) is 34.5 Å². The smallest absolute Gasteiger partial charge is 0.237 e. The van der Waals surface area contributed by atoms with Crippen molar-refractivity contribution >= 4 is 5.91 Å². The van der Waals surface area contributed by atoms with E-state index >= 15 is 0 Å². The van der Waals surface area contributed by atoms with Crippen LogP contribution in [0, 0.1) is 5.92 Å². The molecule has 0 heterocycles. The van der Waals surface area contributed by atoms with E-state index in [1.165, 1.54) is 24.0 Å². The highest BCUT2D eigenvalue weighted by molar-refractivity contribution is 5.79. The van der Waals surface area contributed by atoms with Gasteiger partial charge in [-0.05, 0) is 54.9 Å². The molecule has 1 N–H and O–H groups in total. The molecule has 27 heavy (non-hydrogen) atoms. The summed E-state index contributed by atoms with van der Waals surface area (Å²) < 4.78 is 5.26. The average molecular weight is 364 g/mol. The first kappa shape index (κ1) is 18.1.